The predicted molar refractivity (Wildman–Crippen MR) is 285 cm³/mol. The van der Waals surface area contributed by atoms with Gasteiger partial charge in [0.05, 0.1) is 59.4 Å². The van der Waals surface area contributed by atoms with Crippen molar-refractivity contribution in [1.82, 2.24) is 29.7 Å². The van der Waals surface area contributed by atoms with E-state index in [4.69, 9.17) is 4.98 Å². The molecule has 4 atom stereocenters. The lowest BCUT2D eigenvalue weighted by Gasteiger charge is -2.33. The van der Waals surface area contributed by atoms with Crippen LogP contribution in [-0.2, 0) is 19.2 Å². The minimum absolute atomic E-state index is 0.0142. The third-order valence-corrected chi connectivity index (χ3v) is 13.9. The Hall–Kier alpha value is -8.14. The van der Waals surface area contributed by atoms with Crippen molar-refractivity contribution >= 4 is 51.2 Å². The minimum atomic E-state index is -1.17. The number of nitrogens with one attached hydrogen (secondary N) is 2. The molecule has 16 heteroatoms. The van der Waals surface area contributed by atoms with Crippen molar-refractivity contribution in [2.24, 2.45) is 17.8 Å². The average molecular weight is 1000 g/mol. The Bertz CT molecular complexity index is 3340. The summed E-state index contributed by atoms with van der Waals surface area (Å²) in [7, 11) is 0. The number of hydrogen-bond donors (Lipinski definition) is 5. The second-order valence-corrected chi connectivity index (χ2v) is 20.3. The van der Waals surface area contributed by atoms with Gasteiger partial charge in [0.1, 0.15) is 17.8 Å². The van der Waals surface area contributed by atoms with E-state index in [1.54, 1.807) is 84.9 Å². The lowest BCUT2D eigenvalue weighted by Crippen LogP contribution is -2.40. The summed E-state index contributed by atoms with van der Waals surface area (Å²) in [5.41, 5.74) is 3.58. The van der Waals surface area contributed by atoms with E-state index in [9.17, 15) is 44.1 Å². The summed E-state index contributed by atoms with van der Waals surface area (Å²) in [6.45, 7) is 11.7. The zero-order valence-corrected chi connectivity index (χ0v) is 42.3. The summed E-state index contributed by atoms with van der Waals surface area (Å²) in [4.78, 5) is 92.9. The maximum absolute atomic E-state index is 14.6. The molecular weight excluding hydrogens is 939 g/mol. The number of phenols is 1. The number of rotatable bonds is 19. The molecule has 384 valence electrons. The lowest BCUT2D eigenvalue weighted by molar-refractivity contribution is -0.139. The van der Waals surface area contributed by atoms with Gasteiger partial charge in [-0.15, -0.1) is 0 Å². The molecule has 0 bridgehead atoms. The van der Waals surface area contributed by atoms with Crippen molar-refractivity contribution in [2.75, 3.05) is 18.0 Å². The van der Waals surface area contributed by atoms with E-state index in [2.05, 4.69) is 27.4 Å². The van der Waals surface area contributed by atoms with Crippen LogP contribution in [0.25, 0.3) is 44.1 Å². The number of anilines is 1. The van der Waals surface area contributed by atoms with Crippen LogP contribution in [0.3, 0.4) is 0 Å². The van der Waals surface area contributed by atoms with Gasteiger partial charge < -0.3 is 30.9 Å². The molecular formula is C58H63N7O9. The molecule has 5 N–H and O–H groups in total. The van der Waals surface area contributed by atoms with Gasteiger partial charge in [-0.2, -0.15) is 0 Å². The van der Waals surface area contributed by atoms with Gasteiger partial charge in [-0.05, 0) is 96.5 Å². The number of piperidine rings is 1. The molecule has 0 aliphatic carbocycles. The molecule has 7 aromatic rings. The molecule has 5 aromatic carbocycles. The first-order valence-corrected chi connectivity index (χ1v) is 25.2. The SMILES string of the molecule is CC(C)C[C@@H](C(=O)N[C@@H](CC(=O)O)c1cccc(-c2cccc(-c3cccc4c(=O)n([C@@H](CC(C)C)C(=O)N[C@@H](CC(=O)O)c5cccc(N6CCC(C)CC6)c5)cnc34)c2O)c1)n1cnc2ccccc2c1=O. The number of aromatic hydroxyl groups is 1. The van der Waals surface area contributed by atoms with E-state index in [0.717, 1.165) is 31.6 Å². The molecule has 1 saturated heterocycles. The smallest absolute Gasteiger partial charge is 0.305 e. The number of para-hydroxylation sites is 3. The van der Waals surface area contributed by atoms with Gasteiger partial charge in [0.25, 0.3) is 11.1 Å². The number of benzene rings is 5. The average Bonchev–Trinajstić information content (AvgIpc) is 3.38. The van der Waals surface area contributed by atoms with Gasteiger partial charge in [-0.3, -0.25) is 37.9 Å². The van der Waals surface area contributed by atoms with Gasteiger partial charge in [0.2, 0.25) is 11.8 Å². The number of fused-ring (bicyclic) bond motifs is 2. The molecule has 8 rings (SSSR count). The molecule has 3 heterocycles. The van der Waals surface area contributed by atoms with E-state index >= 15 is 0 Å². The number of carbonyl (C=O) groups is 4. The molecule has 16 nitrogen and oxygen atoms in total. The Kier molecular flexibility index (Phi) is 16.0. The van der Waals surface area contributed by atoms with Crippen LogP contribution in [0.15, 0.2) is 131 Å². The number of phenolic OH excluding ortho intramolecular Hbond substituents is 1. The minimum Gasteiger partial charge on any atom is -0.507 e. The summed E-state index contributed by atoms with van der Waals surface area (Å²) < 4.78 is 2.59. The number of aromatic nitrogens is 4. The Balaban J connectivity index is 1.08. The second-order valence-electron chi connectivity index (χ2n) is 20.3. The van der Waals surface area contributed by atoms with Crippen molar-refractivity contribution in [3.8, 4) is 28.0 Å². The molecule has 74 heavy (non-hydrogen) atoms. The molecule has 2 amide bonds. The van der Waals surface area contributed by atoms with Crippen molar-refractivity contribution < 1.29 is 34.5 Å². The van der Waals surface area contributed by atoms with Gasteiger partial charge in [0, 0.05) is 35.5 Å². The topological polar surface area (TPSA) is 226 Å². The fourth-order valence-electron chi connectivity index (χ4n) is 10.0. The molecule has 1 fully saturated rings. The molecule has 0 radical (unpaired) electrons. The highest BCUT2D eigenvalue weighted by Gasteiger charge is 2.31. The van der Waals surface area contributed by atoms with Crippen LogP contribution >= 0.6 is 0 Å². The fraction of sp³-hybridized carbons (Fsp3) is 0.345. The predicted octanol–water partition coefficient (Wildman–Crippen LogP) is 9.22. The summed E-state index contributed by atoms with van der Waals surface area (Å²) in [5.74, 6) is -2.91. The van der Waals surface area contributed by atoms with E-state index in [1.807, 2.05) is 52.0 Å². The molecule has 2 aromatic heterocycles. The number of aliphatic carboxylic acids is 2. The molecule has 1 aliphatic heterocycles. The van der Waals surface area contributed by atoms with Gasteiger partial charge in [-0.25, -0.2) is 9.97 Å². The largest absolute Gasteiger partial charge is 0.507 e. The highest BCUT2D eigenvalue weighted by Crippen LogP contribution is 2.41. The first kappa shape index (κ1) is 52.2. The van der Waals surface area contributed by atoms with Gasteiger partial charge in [0.15, 0.2) is 0 Å². The van der Waals surface area contributed by atoms with E-state index < -0.39 is 65.5 Å². The molecule has 0 saturated carbocycles. The van der Waals surface area contributed by atoms with E-state index in [0.29, 0.717) is 50.2 Å². The lowest BCUT2D eigenvalue weighted by atomic mass is 9.93. The first-order valence-electron chi connectivity index (χ1n) is 25.2. The van der Waals surface area contributed by atoms with Crippen LogP contribution in [-0.4, -0.2) is 71.3 Å². The zero-order valence-electron chi connectivity index (χ0n) is 42.3. The summed E-state index contributed by atoms with van der Waals surface area (Å²) in [6.07, 6.45) is 4.46. The number of amides is 2. The van der Waals surface area contributed by atoms with Crippen molar-refractivity contribution in [2.45, 2.75) is 97.3 Å². The van der Waals surface area contributed by atoms with Crippen LogP contribution in [0.4, 0.5) is 5.69 Å². The van der Waals surface area contributed by atoms with Gasteiger partial charge in [-0.1, -0.05) is 107 Å². The monoisotopic (exact) mass is 1000 g/mol. The van der Waals surface area contributed by atoms with Crippen molar-refractivity contribution in [3.05, 3.63) is 154 Å². The van der Waals surface area contributed by atoms with Crippen molar-refractivity contribution in [1.29, 1.82) is 0 Å². The highest BCUT2D eigenvalue weighted by atomic mass is 16.4. The van der Waals surface area contributed by atoms with Gasteiger partial charge >= 0.3 is 11.9 Å². The third-order valence-electron chi connectivity index (χ3n) is 13.9. The summed E-state index contributed by atoms with van der Waals surface area (Å²) in [5, 5.41) is 38.6. The standard InChI is InChI=1S/C58H63N7O9/c1-34(2)26-49(64-32-59-46-21-7-6-16-44(46)57(64)73)55(71)61-47(30-51(66)67)38-13-8-12-37(28-38)41-17-10-19-43(54(41)70)42-18-11-20-45-53(42)60-33-65(58(45)74)50(27-35(3)4)56(72)62-48(31-52(68)69)39-14-9-15-40(29-39)63-24-22-36(5)23-25-63/h6-21,28-29,32-36,47-50,70H,22-27,30-31H2,1-5H3,(H,61,71)(H,62,72)(H,66,67)(H,68,69)/t47-,48-,49-,50-/m0/s1. The maximum atomic E-state index is 14.6. The Morgan fingerprint density at radius 2 is 1.14 bits per heavy atom. The van der Waals surface area contributed by atoms with Crippen LogP contribution in [0, 0.1) is 17.8 Å². The summed E-state index contributed by atoms with van der Waals surface area (Å²) in [6, 6.07) is 27.5. The fourth-order valence-corrected chi connectivity index (χ4v) is 10.0. The zero-order chi connectivity index (χ0) is 52.8. The van der Waals surface area contributed by atoms with Crippen LogP contribution < -0.4 is 26.7 Å². The number of carboxylic acid groups (broad SMARTS) is 2. The third kappa shape index (κ3) is 11.7. The number of hydrogen-bond acceptors (Lipinski definition) is 10. The number of carbonyl (C=O) groups excluding carboxylic acids is 2. The van der Waals surface area contributed by atoms with Crippen LogP contribution in [0.1, 0.15) is 108 Å². The number of nitrogens with zero attached hydrogens (tertiary/aromatic N) is 5. The summed E-state index contributed by atoms with van der Waals surface area (Å²) >= 11 is 0. The first-order chi connectivity index (χ1) is 35.5. The quantitative estimate of drug-likeness (QED) is 0.0511. The van der Waals surface area contributed by atoms with E-state index in [-0.39, 0.29) is 47.8 Å². The van der Waals surface area contributed by atoms with Crippen LogP contribution in [0.5, 0.6) is 5.75 Å². The molecule has 0 unspecified atom stereocenters. The molecule has 1 aliphatic rings. The Morgan fingerprint density at radius 3 is 1.76 bits per heavy atom. The Labute approximate surface area is 428 Å². The van der Waals surface area contributed by atoms with Crippen LogP contribution in [0.2, 0.25) is 0 Å². The second kappa shape index (κ2) is 22.7. The number of carboxylic acids is 2. The Morgan fingerprint density at radius 1 is 0.622 bits per heavy atom. The maximum Gasteiger partial charge on any atom is 0.305 e. The van der Waals surface area contributed by atoms with Crippen molar-refractivity contribution in [3.63, 3.8) is 0 Å². The normalized spacial score (nSPS) is 14.7. The molecule has 0 spiro atoms. The highest BCUT2D eigenvalue weighted by molar-refractivity contribution is 5.97. The van der Waals surface area contributed by atoms with E-state index in [1.165, 1.54) is 21.8 Å².